The number of ether oxygens (including phenoxy) is 1. The number of nitrogens with one attached hydrogen (secondary N) is 1. The Morgan fingerprint density at radius 2 is 1.60 bits per heavy atom. The molecule has 2 saturated carbocycles. The van der Waals surface area contributed by atoms with Gasteiger partial charge in [-0.25, -0.2) is 0 Å². The molecule has 5 aliphatic carbocycles. The normalized spacial score (nSPS) is 30.2. The molecule has 15 heteroatoms. The molecule has 476 valence electrons. The quantitative estimate of drug-likeness (QED) is 0.0349. The van der Waals surface area contributed by atoms with Crippen LogP contribution in [0.4, 0.5) is 0 Å². The molecule has 1 spiro atoms. The second-order valence-electron chi connectivity index (χ2n) is 27.5. The van der Waals surface area contributed by atoms with Crippen LogP contribution in [0.5, 0.6) is 17.2 Å². The number of carbonyl (C=O) groups is 2. The van der Waals surface area contributed by atoms with Crippen LogP contribution in [-0.4, -0.2) is 83.3 Å². The lowest BCUT2D eigenvalue weighted by atomic mass is 9.61. The maximum Gasteiger partial charge on any atom is 0.165 e. The molecule has 11 nitrogen and oxygen atoms in total. The van der Waals surface area contributed by atoms with Gasteiger partial charge in [0.25, 0.3) is 0 Å². The van der Waals surface area contributed by atoms with E-state index in [1.54, 1.807) is 68.9 Å². The molecule has 7 aliphatic rings. The van der Waals surface area contributed by atoms with Crippen LogP contribution < -0.4 is 16.2 Å². The van der Waals surface area contributed by atoms with Crippen LogP contribution in [-0.2, 0) is 49.1 Å². The number of hydrogen-bond acceptors (Lipinski definition) is 14. The highest BCUT2D eigenvalue weighted by Gasteiger charge is 2.60. The number of nitrogens with two attached hydrogens (primary N) is 2. The number of aromatic amines is 1. The van der Waals surface area contributed by atoms with Gasteiger partial charge in [-0.3, -0.25) is 9.59 Å². The summed E-state index contributed by atoms with van der Waals surface area (Å²) in [7, 11) is 7.03. The summed E-state index contributed by atoms with van der Waals surface area (Å²) in [5.74, 6) is 8.84. The minimum absolute atomic E-state index is 0.0122. The van der Waals surface area contributed by atoms with Gasteiger partial charge >= 0.3 is 0 Å². The van der Waals surface area contributed by atoms with Crippen molar-refractivity contribution in [3.05, 3.63) is 206 Å². The third kappa shape index (κ3) is 13.7. The monoisotopic (exact) mass is 1300 g/mol. The maximum absolute atomic E-state index is 14.6. The van der Waals surface area contributed by atoms with Gasteiger partial charge in [0.05, 0.1) is 42.3 Å². The SMILES string of the molecule is CC1(O)CCCC2C3Cc4cc(CCc5ccccc5)ccc4C(CO)C2CSSC2C=CC(CC3C1)C13C=CC(=O)CCc4ccc(O)c(c4)OCCc4ccc(O)c(c4)C4CC(=O)c5cc[nH]c5CC#Cc5cc(C(N)N)c(cc54)CSSCC(C1)C2(O)C3. The minimum Gasteiger partial charge on any atom is -0.508 e. The number of phenols is 2. The number of Topliss-reactive ketones (excluding diaryl/α,β-unsaturated/α-hetero) is 1. The Kier molecular flexibility index (Phi) is 19.3. The largest absolute Gasteiger partial charge is 0.508 e. The number of hydrogen-bond donors (Lipinski definition) is 8. The van der Waals surface area contributed by atoms with E-state index in [9.17, 15) is 35.1 Å². The Morgan fingerprint density at radius 3 is 2.44 bits per heavy atom. The summed E-state index contributed by atoms with van der Waals surface area (Å²) < 4.78 is 6.30. The number of rotatable bonds is 5. The highest BCUT2D eigenvalue weighted by atomic mass is 33.1. The first-order chi connectivity index (χ1) is 44.0. The fraction of sp³-hybridized carbons (Fsp3) is 0.447. The van der Waals surface area contributed by atoms with Crippen LogP contribution in [0.1, 0.15) is 160 Å². The number of fused-ring (bicyclic) bond motifs is 14. The van der Waals surface area contributed by atoms with E-state index in [4.69, 9.17) is 16.2 Å². The molecule has 12 atom stereocenters. The van der Waals surface area contributed by atoms with Gasteiger partial charge in [0.2, 0.25) is 0 Å². The van der Waals surface area contributed by atoms with Crippen molar-refractivity contribution in [2.75, 3.05) is 24.7 Å². The van der Waals surface area contributed by atoms with Crippen LogP contribution >= 0.6 is 43.2 Å². The van der Waals surface area contributed by atoms with Crippen molar-refractivity contribution in [1.29, 1.82) is 0 Å². The summed E-state index contributed by atoms with van der Waals surface area (Å²) in [5.41, 5.74) is 22.6. The zero-order valence-corrected chi connectivity index (χ0v) is 55.1. The predicted octanol–water partition coefficient (Wildman–Crippen LogP) is 13.6. The first-order valence-corrected chi connectivity index (χ1v) is 37.7. The van der Waals surface area contributed by atoms with Crippen molar-refractivity contribution in [2.45, 2.75) is 143 Å². The van der Waals surface area contributed by atoms with E-state index in [0.29, 0.717) is 84.8 Å². The highest BCUT2D eigenvalue weighted by Crippen LogP contribution is 2.64. The van der Waals surface area contributed by atoms with E-state index < -0.39 is 28.7 Å². The molecule has 2 fully saturated rings. The van der Waals surface area contributed by atoms with E-state index >= 15 is 0 Å². The number of allylic oxidation sites excluding steroid dienone is 3. The summed E-state index contributed by atoms with van der Waals surface area (Å²) in [6.45, 7) is 2.29. The van der Waals surface area contributed by atoms with Crippen molar-refractivity contribution >= 4 is 54.7 Å². The number of phenolic OH excluding ortho intramolecular Hbond substituents is 2. The van der Waals surface area contributed by atoms with Crippen molar-refractivity contribution in [1.82, 2.24) is 4.98 Å². The van der Waals surface area contributed by atoms with Gasteiger partial charge in [-0.1, -0.05) is 152 Å². The number of aryl methyl sites for hydroxylation is 3. The van der Waals surface area contributed by atoms with Gasteiger partial charge in [-0.15, -0.1) is 0 Å². The minimum atomic E-state index is -1.16. The summed E-state index contributed by atoms with van der Waals surface area (Å²) in [6.07, 6.45) is 19.0. The topological polar surface area (TPSA) is 212 Å². The van der Waals surface area contributed by atoms with E-state index in [2.05, 4.69) is 89.7 Å². The lowest BCUT2D eigenvalue weighted by molar-refractivity contribution is -0.114. The van der Waals surface area contributed by atoms with Crippen LogP contribution in [0.25, 0.3) is 0 Å². The number of H-pyrrole nitrogens is 1. The number of aliphatic hydroxyl groups is 3. The third-order valence-corrected chi connectivity index (χ3v) is 27.0. The maximum atomic E-state index is 14.6. The predicted molar refractivity (Wildman–Crippen MR) is 369 cm³/mol. The fourth-order valence-electron chi connectivity index (χ4n) is 17.0. The Bertz CT molecular complexity index is 3800. The van der Waals surface area contributed by atoms with Gasteiger partial charge in [0.15, 0.2) is 23.1 Å². The molecular formula is C76H85N3O8S4. The molecule has 6 aromatic rings. The number of carbonyl (C=O) groups excluding carboxylic acids is 2. The Hall–Kier alpha value is -5.64. The van der Waals surface area contributed by atoms with Crippen molar-refractivity contribution in [3.8, 4) is 29.1 Å². The summed E-state index contributed by atoms with van der Waals surface area (Å²) in [6, 6.07) is 34.3. The number of ketones is 2. The standard InChI is InChI=1S/C76H85N3O8S4/c1-74(85)27-6-10-58-61-36-51-31-47(13-12-46-7-3-2-4-8-46)15-20-57(51)65(41-80)66(58)44-90-91-72-23-18-54(34-52(61)39-74)75-28-24-56(81)19-14-48-17-22-69(83)71(33-48)87-30-26-49-16-21-68(82)64(32-49)63-38-70(84)59-25-29-79-67(59)11-5-9-50-35-62(73(77)78)53(37-60(50)63)42-88-89-43-55(40-75)76(72,86)45-75/h2-4,7-8,15-18,20-25,28-29,31-33,35,37,52,54-55,58,61,63,65-66,72-73,79-80,82-83,85-86H,6,10-14,19,26-27,30,34,36,38-45,77-78H2,1H3. The van der Waals surface area contributed by atoms with E-state index in [-0.39, 0.29) is 89.9 Å². The first-order valence-electron chi connectivity index (χ1n) is 32.8. The molecule has 2 aliphatic heterocycles. The summed E-state index contributed by atoms with van der Waals surface area (Å²) in [4.78, 5) is 32.3. The van der Waals surface area contributed by atoms with Gasteiger partial charge in [-0.05, 0) is 199 Å². The number of benzene rings is 5. The molecular weight excluding hydrogens is 1210 g/mol. The second-order valence-corrected chi connectivity index (χ2v) is 32.6. The molecule has 12 unspecified atom stereocenters. The Balaban J connectivity index is 0.881. The smallest absolute Gasteiger partial charge is 0.165 e. The Labute approximate surface area is 551 Å². The van der Waals surface area contributed by atoms with Crippen LogP contribution in [0.2, 0.25) is 0 Å². The molecule has 10 N–H and O–H groups in total. The van der Waals surface area contributed by atoms with Gasteiger partial charge in [0.1, 0.15) is 5.75 Å². The zero-order chi connectivity index (χ0) is 63.0. The zero-order valence-electron chi connectivity index (χ0n) is 51.9. The van der Waals surface area contributed by atoms with Crippen LogP contribution in [0.15, 0.2) is 134 Å². The third-order valence-electron chi connectivity index (χ3n) is 21.7. The number of aromatic hydroxyl groups is 2. The molecule has 0 amide bonds. The first kappa shape index (κ1) is 64.1. The molecule has 1 aromatic heterocycles. The van der Waals surface area contributed by atoms with Crippen molar-refractivity contribution in [3.63, 3.8) is 0 Å². The summed E-state index contributed by atoms with van der Waals surface area (Å²) >= 11 is 0. The Morgan fingerprint density at radius 1 is 0.780 bits per heavy atom. The molecule has 0 saturated heterocycles. The molecule has 13 rings (SSSR count). The molecule has 0 radical (unpaired) electrons. The average Bonchev–Trinajstić information content (AvgIpc) is 1.60. The van der Waals surface area contributed by atoms with E-state index in [1.807, 2.05) is 42.0 Å². The lowest BCUT2D eigenvalue weighted by Gasteiger charge is -2.46. The van der Waals surface area contributed by atoms with Crippen molar-refractivity contribution < 1.29 is 39.9 Å². The summed E-state index contributed by atoms with van der Waals surface area (Å²) in [5, 5.41) is 60.8. The van der Waals surface area contributed by atoms with Crippen LogP contribution in [0, 0.1) is 52.8 Å². The van der Waals surface area contributed by atoms with Gasteiger partial charge in [-0.2, -0.15) is 0 Å². The fourth-order valence-corrected chi connectivity index (χ4v) is 22.8. The molecule has 3 heterocycles. The lowest BCUT2D eigenvalue weighted by Crippen LogP contribution is -2.43. The molecule has 91 heavy (non-hydrogen) atoms. The number of aromatic nitrogens is 1. The highest BCUT2D eigenvalue weighted by molar-refractivity contribution is 8.77. The molecule has 5 aromatic carbocycles. The van der Waals surface area contributed by atoms with Gasteiger partial charge in [0, 0.05) is 76.9 Å². The van der Waals surface area contributed by atoms with Gasteiger partial charge < -0.3 is 46.7 Å². The molecule has 15 bridgehead atoms. The number of aliphatic hydroxyl groups excluding tert-OH is 1. The van der Waals surface area contributed by atoms with Crippen molar-refractivity contribution in [2.24, 2.45) is 52.4 Å². The second kappa shape index (κ2) is 27.4. The van der Waals surface area contributed by atoms with E-state index in [1.165, 1.54) is 22.3 Å². The van der Waals surface area contributed by atoms with Crippen LogP contribution in [0.3, 0.4) is 0 Å². The van der Waals surface area contributed by atoms with E-state index in [0.717, 1.165) is 77.8 Å². The average molecular weight is 1300 g/mol.